The second kappa shape index (κ2) is 47.3. The molecule has 0 aliphatic rings. The highest BCUT2D eigenvalue weighted by molar-refractivity contribution is 5.72. The van der Waals surface area contributed by atoms with Crippen LogP contribution in [0.3, 0.4) is 0 Å². The number of esters is 3. The number of hydrogen-bond donors (Lipinski definition) is 0. The van der Waals surface area contributed by atoms with E-state index in [0.717, 1.165) is 89.9 Å². The molecule has 0 fully saturated rings. The van der Waals surface area contributed by atoms with Crippen LogP contribution in [0.2, 0.25) is 0 Å². The van der Waals surface area contributed by atoms with Gasteiger partial charge in [0.05, 0.1) is 6.42 Å². The summed E-state index contributed by atoms with van der Waals surface area (Å²) in [6, 6.07) is 0. The Hall–Kier alpha value is -3.41. The van der Waals surface area contributed by atoms with Crippen LogP contribution in [-0.4, -0.2) is 37.2 Å². The standard InChI is InChI=1S/C53H88O6/c1-4-7-10-13-16-19-21-23-24-25-26-27-28-30-31-34-37-40-43-46-52(55)58-49-50(48-57-51(54)45-42-39-36-33-18-15-12-9-6-3)59-53(56)47-44-41-38-35-32-29-22-20-17-14-11-8-5-2/h7,9-10,12,16,18-19,23-24,29,32-33,39,42,50H,4-6,8,11,13-15,17,20-22,25-28,30-31,34-38,40-41,43-49H2,1-3H3/b10-7-,12-9-,19-16-,24-23-,32-29-,33-18-,42-39-. The number of carbonyl (C=O) groups excluding carboxylic acids is 3. The molecule has 0 bridgehead atoms. The molecule has 0 radical (unpaired) electrons. The van der Waals surface area contributed by atoms with Crippen molar-refractivity contribution in [2.24, 2.45) is 0 Å². The van der Waals surface area contributed by atoms with E-state index >= 15 is 0 Å². The topological polar surface area (TPSA) is 78.9 Å². The van der Waals surface area contributed by atoms with Gasteiger partial charge < -0.3 is 14.2 Å². The maximum Gasteiger partial charge on any atom is 0.309 e. The summed E-state index contributed by atoms with van der Waals surface area (Å²) in [5, 5.41) is 0. The molecule has 0 aromatic carbocycles. The van der Waals surface area contributed by atoms with E-state index in [9.17, 15) is 14.4 Å². The van der Waals surface area contributed by atoms with Crippen LogP contribution < -0.4 is 0 Å². The van der Waals surface area contributed by atoms with E-state index in [1.807, 2.05) is 6.08 Å². The van der Waals surface area contributed by atoms with Gasteiger partial charge in [-0.15, -0.1) is 0 Å². The summed E-state index contributed by atoms with van der Waals surface area (Å²) in [4.78, 5) is 37.7. The molecule has 1 atom stereocenters. The zero-order valence-electron chi connectivity index (χ0n) is 38.2. The minimum absolute atomic E-state index is 0.113. The molecular formula is C53H88O6. The normalized spacial score (nSPS) is 12.8. The lowest BCUT2D eigenvalue weighted by Crippen LogP contribution is -2.30. The predicted octanol–water partition coefficient (Wildman–Crippen LogP) is 15.6. The fraction of sp³-hybridized carbons (Fsp3) is 0.679. The molecule has 1 unspecified atom stereocenters. The highest BCUT2D eigenvalue weighted by Gasteiger charge is 2.19. The van der Waals surface area contributed by atoms with Gasteiger partial charge in [0.15, 0.2) is 6.10 Å². The van der Waals surface area contributed by atoms with Crippen molar-refractivity contribution in [2.45, 2.75) is 219 Å². The minimum Gasteiger partial charge on any atom is -0.462 e. The van der Waals surface area contributed by atoms with E-state index in [1.165, 1.54) is 83.5 Å². The molecule has 6 heteroatoms. The molecule has 0 spiro atoms. The Balaban J connectivity index is 4.38. The molecule has 0 saturated carbocycles. The Labute approximate surface area is 363 Å². The summed E-state index contributed by atoms with van der Waals surface area (Å²) < 4.78 is 16.6. The Morgan fingerprint density at radius 3 is 1.22 bits per heavy atom. The van der Waals surface area contributed by atoms with Crippen LogP contribution in [0, 0.1) is 0 Å². The molecule has 0 amide bonds. The number of hydrogen-bond acceptors (Lipinski definition) is 6. The zero-order chi connectivity index (χ0) is 43.0. The molecule has 0 aromatic heterocycles. The van der Waals surface area contributed by atoms with Crippen LogP contribution in [0.15, 0.2) is 85.1 Å². The highest BCUT2D eigenvalue weighted by Crippen LogP contribution is 2.13. The summed E-state index contributed by atoms with van der Waals surface area (Å²) >= 11 is 0. The summed E-state index contributed by atoms with van der Waals surface area (Å²) in [5.74, 6) is -1.07. The van der Waals surface area contributed by atoms with E-state index in [0.29, 0.717) is 6.42 Å². The third-order valence-electron chi connectivity index (χ3n) is 9.90. The van der Waals surface area contributed by atoms with E-state index < -0.39 is 12.1 Å². The number of allylic oxidation sites excluding steroid dienone is 13. The number of carbonyl (C=O) groups is 3. The molecule has 0 N–H and O–H groups in total. The first-order valence-corrected chi connectivity index (χ1v) is 24.1. The van der Waals surface area contributed by atoms with Crippen LogP contribution >= 0.6 is 0 Å². The first-order chi connectivity index (χ1) is 29.0. The van der Waals surface area contributed by atoms with Crippen molar-refractivity contribution in [1.29, 1.82) is 0 Å². The average molecular weight is 821 g/mol. The van der Waals surface area contributed by atoms with Crippen LogP contribution in [0.25, 0.3) is 0 Å². The van der Waals surface area contributed by atoms with Crippen molar-refractivity contribution in [3.05, 3.63) is 85.1 Å². The summed E-state index contributed by atoms with van der Waals surface area (Å²) in [5.41, 5.74) is 0. The van der Waals surface area contributed by atoms with E-state index in [4.69, 9.17) is 14.2 Å². The molecule has 336 valence electrons. The summed E-state index contributed by atoms with van der Waals surface area (Å²) in [7, 11) is 0. The molecule has 0 aliphatic heterocycles. The Bertz CT molecular complexity index is 1170. The van der Waals surface area contributed by atoms with E-state index in [2.05, 4.69) is 93.7 Å². The lowest BCUT2D eigenvalue weighted by atomic mass is 10.1. The van der Waals surface area contributed by atoms with Crippen LogP contribution in [0.5, 0.6) is 0 Å². The highest BCUT2D eigenvalue weighted by atomic mass is 16.6. The van der Waals surface area contributed by atoms with Crippen LogP contribution in [-0.2, 0) is 28.6 Å². The van der Waals surface area contributed by atoms with Gasteiger partial charge in [-0.1, -0.05) is 189 Å². The molecule has 0 saturated heterocycles. The number of rotatable bonds is 42. The van der Waals surface area contributed by atoms with Gasteiger partial charge in [-0.25, -0.2) is 0 Å². The first-order valence-electron chi connectivity index (χ1n) is 24.1. The quantitative estimate of drug-likeness (QED) is 0.0264. The Morgan fingerprint density at radius 1 is 0.373 bits per heavy atom. The largest absolute Gasteiger partial charge is 0.462 e. The number of unbranched alkanes of at least 4 members (excludes halogenated alkanes) is 18. The van der Waals surface area contributed by atoms with Gasteiger partial charge in [0.2, 0.25) is 0 Å². The molecule has 0 aliphatic carbocycles. The number of ether oxygens (including phenoxy) is 3. The third-order valence-corrected chi connectivity index (χ3v) is 9.90. The van der Waals surface area contributed by atoms with Gasteiger partial charge in [0.1, 0.15) is 13.2 Å². The van der Waals surface area contributed by atoms with Crippen molar-refractivity contribution in [2.75, 3.05) is 13.2 Å². The lowest BCUT2D eigenvalue weighted by molar-refractivity contribution is -0.166. The van der Waals surface area contributed by atoms with Crippen LogP contribution in [0.4, 0.5) is 0 Å². The lowest BCUT2D eigenvalue weighted by Gasteiger charge is -2.18. The van der Waals surface area contributed by atoms with Crippen molar-refractivity contribution in [3.63, 3.8) is 0 Å². The monoisotopic (exact) mass is 821 g/mol. The van der Waals surface area contributed by atoms with Gasteiger partial charge in [-0.2, -0.15) is 0 Å². The SMILES string of the molecule is CC/C=C\C/C=C\C/C=C\CCCCCCCCCCCC(=O)OCC(COC(=O)C/C=C\C/C=C\C/C=C\CC)OC(=O)CCCCC/C=C\CCCCCCCC. The smallest absolute Gasteiger partial charge is 0.309 e. The average Bonchev–Trinajstić information content (AvgIpc) is 3.23. The predicted molar refractivity (Wildman–Crippen MR) is 251 cm³/mol. The van der Waals surface area contributed by atoms with Crippen molar-refractivity contribution < 1.29 is 28.6 Å². The fourth-order valence-electron chi connectivity index (χ4n) is 6.33. The first kappa shape index (κ1) is 55.6. The van der Waals surface area contributed by atoms with Gasteiger partial charge in [-0.3, -0.25) is 14.4 Å². The second-order valence-electron chi connectivity index (χ2n) is 15.6. The summed E-state index contributed by atoms with van der Waals surface area (Å²) in [6.45, 7) is 6.27. The van der Waals surface area contributed by atoms with Gasteiger partial charge in [-0.05, 0) is 89.9 Å². The Kier molecular flexibility index (Phi) is 44.5. The maximum atomic E-state index is 12.7. The maximum absolute atomic E-state index is 12.7. The minimum atomic E-state index is -0.820. The van der Waals surface area contributed by atoms with E-state index in [-0.39, 0.29) is 38.0 Å². The van der Waals surface area contributed by atoms with Crippen molar-refractivity contribution in [1.82, 2.24) is 0 Å². The Morgan fingerprint density at radius 2 is 0.729 bits per heavy atom. The molecule has 0 heterocycles. The summed E-state index contributed by atoms with van der Waals surface area (Å²) in [6.07, 6.45) is 60.3. The molecule has 6 nitrogen and oxygen atoms in total. The second-order valence-corrected chi connectivity index (χ2v) is 15.6. The van der Waals surface area contributed by atoms with Gasteiger partial charge in [0.25, 0.3) is 0 Å². The zero-order valence-corrected chi connectivity index (χ0v) is 38.2. The van der Waals surface area contributed by atoms with Crippen molar-refractivity contribution >= 4 is 17.9 Å². The van der Waals surface area contributed by atoms with Gasteiger partial charge in [0, 0.05) is 12.8 Å². The van der Waals surface area contributed by atoms with E-state index in [1.54, 1.807) is 6.08 Å². The van der Waals surface area contributed by atoms with Crippen molar-refractivity contribution in [3.8, 4) is 0 Å². The van der Waals surface area contributed by atoms with Gasteiger partial charge >= 0.3 is 17.9 Å². The molecule has 0 aromatic rings. The molecule has 0 rings (SSSR count). The third kappa shape index (κ3) is 45.5. The fourth-order valence-corrected chi connectivity index (χ4v) is 6.33. The molecule has 59 heavy (non-hydrogen) atoms. The van der Waals surface area contributed by atoms with Crippen LogP contribution in [0.1, 0.15) is 213 Å². The molecular weight excluding hydrogens is 733 g/mol.